The first kappa shape index (κ1) is 15.9. The molecule has 0 amide bonds. The molecule has 1 aromatic heterocycles. The molecule has 2 N–H and O–H groups in total. The average Bonchev–Trinajstić information content (AvgIpc) is 2.74. The number of benzene rings is 1. The van der Waals surface area contributed by atoms with E-state index in [-0.39, 0.29) is 18.2 Å². The van der Waals surface area contributed by atoms with Crippen molar-refractivity contribution in [2.24, 2.45) is 0 Å². The van der Waals surface area contributed by atoms with E-state index in [4.69, 9.17) is 5.11 Å². The molecular formula is C16H20BrNO3. The van der Waals surface area contributed by atoms with Crippen molar-refractivity contribution in [3.63, 3.8) is 0 Å². The minimum atomic E-state index is -0.810. The molecule has 1 aromatic carbocycles. The van der Waals surface area contributed by atoms with Gasteiger partial charge in [0.2, 0.25) is 0 Å². The Labute approximate surface area is 132 Å². The monoisotopic (exact) mass is 353 g/mol. The van der Waals surface area contributed by atoms with Crippen LogP contribution in [0.15, 0.2) is 28.9 Å². The molecular weight excluding hydrogens is 334 g/mol. The third-order valence-corrected chi connectivity index (χ3v) is 4.21. The van der Waals surface area contributed by atoms with E-state index in [9.17, 15) is 9.90 Å². The fraction of sp³-hybridized carbons (Fsp3) is 0.438. The lowest BCUT2D eigenvalue weighted by atomic mass is 10.1. The number of hydrogen-bond donors (Lipinski definition) is 2. The van der Waals surface area contributed by atoms with Crippen molar-refractivity contribution in [3.8, 4) is 5.75 Å². The van der Waals surface area contributed by atoms with E-state index in [0.717, 1.165) is 41.1 Å². The zero-order valence-corrected chi connectivity index (χ0v) is 13.6. The van der Waals surface area contributed by atoms with Crippen LogP contribution in [-0.4, -0.2) is 20.7 Å². The number of carbonyl (C=O) groups is 1. The number of hydrogen-bond acceptors (Lipinski definition) is 2. The largest absolute Gasteiger partial charge is 0.506 e. The molecule has 0 aliphatic rings. The number of aliphatic carboxylic acids is 1. The fourth-order valence-corrected chi connectivity index (χ4v) is 3.04. The van der Waals surface area contributed by atoms with Gasteiger partial charge in [-0.2, -0.15) is 0 Å². The van der Waals surface area contributed by atoms with Crippen LogP contribution in [0.5, 0.6) is 5.75 Å². The second kappa shape index (κ2) is 6.98. The van der Waals surface area contributed by atoms with Crippen molar-refractivity contribution in [2.45, 2.75) is 45.1 Å². The molecule has 0 saturated carbocycles. The molecule has 2 aromatic rings. The molecule has 0 bridgehead atoms. The maximum Gasteiger partial charge on any atom is 0.305 e. The van der Waals surface area contributed by atoms with Gasteiger partial charge in [0.15, 0.2) is 0 Å². The summed E-state index contributed by atoms with van der Waals surface area (Å²) in [6.45, 7) is 2.13. The van der Waals surface area contributed by atoms with Crippen LogP contribution >= 0.6 is 15.9 Å². The normalized spacial score (nSPS) is 12.7. The number of carboxylic acid groups (broad SMARTS) is 1. The fourth-order valence-electron chi connectivity index (χ4n) is 2.68. The Balaban J connectivity index is 2.36. The summed E-state index contributed by atoms with van der Waals surface area (Å²) in [5, 5.41) is 20.0. The van der Waals surface area contributed by atoms with E-state index in [1.54, 1.807) is 6.20 Å². The molecule has 114 valence electrons. The number of rotatable bonds is 7. The molecule has 1 unspecified atom stereocenters. The van der Waals surface area contributed by atoms with Gasteiger partial charge < -0.3 is 14.8 Å². The molecule has 1 heterocycles. The summed E-state index contributed by atoms with van der Waals surface area (Å²) in [4.78, 5) is 11.1. The van der Waals surface area contributed by atoms with Crippen LogP contribution < -0.4 is 0 Å². The molecule has 1 atom stereocenters. The number of aromatic hydroxyl groups is 1. The lowest BCUT2D eigenvalue weighted by Crippen LogP contribution is -2.13. The van der Waals surface area contributed by atoms with Gasteiger partial charge in [0, 0.05) is 22.1 Å². The van der Waals surface area contributed by atoms with Gasteiger partial charge in [-0.15, -0.1) is 0 Å². The molecule has 0 aliphatic carbocycles. The van der Waals surface area contributed by atoms with E-state index in [1.165, 1.54) is 0 Å². The summed E-state index contributed by atoms with van der Waals surface area (Å²) in [6.07, 6.45) is 5.71. The highest BCUT2D eigenvalue weighted by molar-refractivity contribution is 9.10. The first-order chi connectivity index (χ1) is 10.0. The molecule has 5 heteroatoms. The van der Waals surface area contributed by atoms with Crippen molar-refractivity contribution in [2.75, 3.05) is 0 Å². The Morgan fingerprint density at radius 3 is 2.81 bits per heavy atom. The highest BCUT2D eigenvalue weighted by atomic mass is 79.9. The van der Waals surface area contributed by atoms with Gasteiger partial charge in [-0.1, -0.05) is 42.1 Å². The second-order valence-corrected chi connectivity index (χ2v) is 6.25. The van der Waals surface area contributed by atoms with Crippen molar-refractivity contribution in [1.29, 1.82) is 0 Å². The average molecular weight is 354 g/mol. The van der Waals surface area contributed by atoms with E-state index >= 15 is 0 Å². The van der Waals surface area contributed by atoms with Crippen LogP contribution in [0.25, 0.3) is 10.9 Å². The van der Waals surface area contributed by atoms with Gasteiger partial charge in [-0.3, -0.25) is 4.79 Å². The SMILES string of the molecule is CCCCCC(CC(=O)O)n1cc(O)c2cc(Br)ccc21. The third kappa shape index (κ3) is 3.79. The molecule has 0 aliphatic heterocycles. The zero-order valence-electron chi connectivity index (χ0n) is 12.1. The number of unbranched alkanes of at least 4 members (excludes halogenated alkanes) is 2. The van der Waals surface area contributed by atoms with Crippen molar-refractivity contribution < 1.29 is 15.0 Å². The Bertz CT molecular complexity index is 636. The predicted octanol–water partition coefficient (Wildman–Crippen LogP) is 4.71. The van der Waals surface area contributed by atoms with Gasteiger partial charge >= 0.3 is 5.97 Å². The molecule has 4 nitrogen and oxygen atoms in total. The van der Waals surface area contributed by atoms with E-state index < -0.39 is 5.97 Å². The molecule has 0 spiro atoms. The number of halogens is 1. The molecule has 0 fully saturated rings. The number of nitrogens with zero attached hydrogens (tertiary/aromatic N) is 1. The summed E-state index contributed by atoms with van der Waals surface area (Å²) < 4.78 is 2.80. The first-order valence-corrected chi connectivity index (χ1v) is 8.03. The van der Waals surface area contributed by atoms with Crippen molar-refractivity contribution >= 4 is 32.8 Å². The lowest BCUT2D eigenvalue weighted by Gasteiger charge is -2.18. The molecule has 0 radical (unpaired) electrons. The van der Waals surface area contributed by atoms with Crippen LogP contribution in [0.2, 0.25) is 0 Å². The van der Waals surface area contributed by atoms with Crippen molar-refractivity contribution in [1.82, 2.24) is 4.57 Å². The van der Waals surface area contributed by atoms with Crippen LogP contribution in [0.4, 0.5) is 0 Å². The Morgan fingerprint density at radius 2 is 2.14 bits per heavy atom. The van der Waals surface area contributed by atoms with Gasteiger partial charge in [0.25, 0.3) is 0 Å². The number of carboxylic acids is 1. The van der Waals surface area contributed by atoms with Crippen LogP contribution in [0.3, 0.4) is 0 Å². The predicted molar refractivity (Wildman–Crippen MR) is 86.7 cm³/mol. The Kier molecular flexibility index (Phi) is 5.28. The first-order valence-electron chi connectivity index (χ1n) is 7.23. The topological polar surface area (TPSA) is 62.5 Å². The summed E-state index contributed by atoms with van der Waals surface area (Å²) in [6, 6.07) is 5.54. The van der Waals surface area contributed by atoms with E-state index in [2.05, 4.69) is 22.9 Å². The Hall–Kier alpha value is -1.49. The molecule has 2 rings (SSSR count). The van der Waals surface area contributed by atoms with Gasteiger partial charge in [-0.05, 0) is 24.6 Å². The summed E-state index contributed by atoms with van der Waals surface area (Å²) in [5.41, 5.74) is 0.874. The maximum absolute atomic E-state index is 11.1. The summed E-state index contributed by atoms with van der Waals surface area (Å²) >= 11 is 3.39. The molecule has 21 heavy (non-hydrogen) atoms. The summed E-state index contributed by atoms with van der Waals surface area (Å²) in [7, 11) is 0. The van der Waals surface area contributed by atoms with Gasteiger partial charge in [-0.25, -0.2) is 0 Å². The van der Waals surface area contributed by atoms with Crippen LogP contribution in [0.1, 0.15) is 45.1 Å². The van der Waals surface area contributed by atoms with E-state index in [0.29, 0.717) is 0 Å². The number of fused-ring (bicyclic) bond motifs is 1. The maximum atomic E-state index is 11.1. The van der Waals surface area contributed by atoms with E-state index in [1.807, 2.05) is 22.8 Å². The highest BCUT2D eigenvalue weighted by Crippen LogP contribution is 2.34. The highest BCUT2D eigenvalue weighted by Gasteiger charge is 2.19. The standard InChI is InChI=1S/C16H20BrNO3/c1-2-3-4-5-12(9-16(20)21)18-10-15(19)13-8-11(17)6-7-14(13)18/h6-8,10,12,19H,2-5,9H2,1H3,(H,20,21). The van der Waals surface area contributed by atoms with Gasteiger partial charge in [0.05, 0.1) is 11.9 Å². The minimum Gasteiger partial charge on any atom is -0.506 e. The lowest BCUT2D eigenvalue weighted by molar-refractivity contribution is -0.137. The quantitative estimate of drug-likeness (QED) is 0.708. The summed E-state index contributed by atoms with van der Waals surface area (Å²) in [5.74, 6) is -0.618. The third-order valence-electron chi connectivity index (χ3n) is 3.72. The minimum absolute atomic E-state index is 0.0724. The molecule has 0 saturated heterocycles. The van der Waals surface area contributed by atoms with Crippen LogP contribution in [-0.2, 0) is 4.79 Å². The second-order valence-electron chi connectivity index (χ2n) is 5.33. The van der Waals surface area contributed by atoms with Crippen LogP contribution in [0, 0.1) is 0 Å². The van der Waals surface area contributed by atoms with Crippen molar-refractivity contribution in [3.05, 3.63) is 28.9 Å². The number of aromatic nitrogens is 1. The van der Waals surface area contributed by atoms with Gasteiger partial charge in [0.1, 0.15) is 5.75 Å². The zero-order chi connectivity index (χ0) is 15.4. The Morgan fingerprint density at radius 1 is 1.38 bits per heavy atom. The smallest absolute Gasteiger partial charge is 0.305 e.